The molecule has 0 unspecified atom stereocenters. The van der Waals surface area contributed by atoms with E-state index >= 15 is 0 Å². The summed E-state index contributed by atoms with van der Waals surface area (Å²) in [6, 6.07) is 10.2. The van der Waals surface area contributed by atoms with Crippen molar-refractivity contribution < 1.29 is 65.5 Å². The summed E-state index contributed by atoms with van der Waals surface area (Å²) in [6.45, 7) is 4.52. The van der Waals surface area contributed by atoms with Crippen molar-refractivity contribution in [2.45, 2.75) is 46.0 Å². The number of hydrogen-bond acceptors (Lipinski definition) is 8. The van der Waals surface area contributed by atoms with Gasteiger partial charge in [-0.1, -0.05) is 0 Å². The third-order valence-corrected chi connectivity index (χ3v) is 8.70. The molecule has 1 aliphatic heterocycles. The number of nitrogens with zero attached hydrogens (tertiary/aromatic N) is 2. The van der Waals surface area contributed by atoms with Crippen molar-refractivity contribution in [1.82, 2.24) is 15.1 Å². The number of aromatic nitrogens is 1. The first-order valence-electron chi connectivity index (χ1n) is 13.6. The average molecular weight is 659 g/mol. The molecule has 1 aromatic heterocycles. The molecule has 1 aromatic carbocycles. The first-order chi connectivity index (χ1) is 20.4. The molecule has 232 valence electrons. The van der Waals surface area contributed by atoms with Crippen LogP contribution in [0.1, 0.15) is 51.6 Å². The van der Waals surface area contributed by atoms with Crippen molar-refractivity contribution in [3.05, 3.63) is 58.9 Å². The number of benzene rings is 1. The zero-order valence-corrected chi connectivity index (χ0v) is 28.8. The fourth-order valence-corrected chi connectivity index (χ4v) is 5.70. The molecule has 0 radical (unpaired) electrons. The number of unbranched alkanes of at least 4 members (excludes halogenated alkanes) is 2. The second-order valence-corrected chi connectivity index (χ2v) is 13.1. The molecule has 3 rings (SSSR count). The molecule has 0 fully saturated rings. The van der Waals surface area contributed by atoms with Crippen molar-refractivity contribution >= 4 is 50.9 Å². The molecule has 0 saturated heterocycles. The number of halogens is 2. The smallest absolute Gasteiger partial charge is 0.739 e. The van der Waals surface area contributed by atoms with Gasteiger partial charge in [-0.25, -0.2) is 8.42 Å². The third kappa shape index (κ3) is 11.5. The van der Waals surface area contributed by atoms with Crippen LogP contribution in [0.15, 0.2) is 58.2 Å². The number of ether oxygens (including phenoxy) is 1. The topological polar surface area (TPSA) is 142 Å². The summed E-state index contributed by atoms with van der Waals surface area (Å²) in [7, 11) is -5.66. The molecule has 10 nitrogen and oxygen atoms in total. The van der Waals surface area contributed by atoms with Crippen LogP contribution in [0.3, 0.4) is 0 Å². The average Bonchev–Trinajstić information content (AvgIpc) is 3.49. The van der Waals surface area contributed by atoms with Crippen LogP contribution in [0, 0.1) is 0 Å². The first-order valence-corrected chi connectivity index (χ1v) is 16.6. The van der Waals surface area contributed by atoms with Crippen LogP contribution in [0.5, 0.6) is 5.75 Å². The molecule has 0 spiro atoms. The van der Waals surface area contributed by atoms with Gasteiger partial charge in [0.1, 0.15) is 14.9 Å². The number of nitrogens with one attached hydrogen (secondary N) is 2. The van der Waals surface area contributed by atoms with Crippen molar-refractivity contribution in [3.63, 3.8) is 0 Å². The van der Waals surface area contributed by atoms with E-state index in [-0.39, 0.29) is 52.7 Å². The number of carbonyl (C=O) groups is 2. The monoisotopic (exact) mass is 658 g/mol. The van der Waals surface area contributed by atoms with Gasteiger partial charge in [0.05, 0.1) is 18.6 Å². The van der Waals surface area contributed by atoms with Crippen LogP contribution >= 0.6 is 10.8 Å². The van der Waals surface area contributed by atoms with Gasteiger partial charge in [0.2, 0.25) is 11.8 Å². The van der Waals surface area contributed by atoms with E-state index < -0.39 is 28.2 Å². The zero-order chi connectivity index (χ0) is 31.6. The standard InChI is InChI=1S/C28H35BF2N4O6S2.Na/c1-19-24(12-14-27(36)32-15-5-4-6-16-33-28(37)18-42-43(38,39)40)20(2)34-25(19)17-22-9-13-26(35(22)29(30)31)21-7-10-23(41-3)11-8-21;/h7-11,13,17H,4-6,12,14-16,18H2,1-3H3,(H,32,36)(H,33,37)(H,38,39,40);/q;+1/p-1/b25-17-;. The summed E-state index contributed by atoms with van der Waals surface area (Å²) in [5.41, 5.74) is 4.40. The van der Waals surface area contributed by atoms with E-state index in [1.165, 1.54) is 0 Å². The summed E-state index contributed by atoms with van der Waals surface area (Å²) in [4.78, 5) is 28.5. The number of rotatable bonds is 16. The maximum Gasteiger partial charge on any atom is 1.00 e. The van der Waals surface area contributed by atoms with Crippen LogP contribution in [-0.2, 0) is 18.7 Å². The fraction of sp³-hybridized carbons (Fsp3) is 0.393. The van der Waals surface area contributed by atoms with Crippen LogP contribution in [-0.4, -0.2) is 68.3 Å². The zero-order valence-electron chi connectivity index (χ0n) is 25.2. The molecular weight excluding hydrogens is 624 g/mol. The van der Waals surface area contributed by atoms with Crippen LogP contribution in [0.25, 0.3) is 17.3 Å². The fourth-order valence-electron chi connectivity index (χ4n) is 4.59. The van der Waals surface area contributed by atoms with E-state index in [1.807, 2.05) is 13.8 Å². The van der Waals surface area contributed by atoms with Crippen LogP contribution in [0.4, 0.5) is 8.63 Å². The van der Waals surface area contributed by atoms with E-state index in [0.29, 0.717) is 60.7 Å². The minimum atomic E-state index is -4.49. The number of allylic oxidation sites excluding steroid dienone is 2. The Kier molecular flexibility index (Phi) is 15.4. The number of hydrogen-bond donors (Lipinski definition) is 2. The number of amides is 2. The quantitative estimate of drug-likeness (QED) is 0.120. The van der Waals surface area contributed by atoms with Gasteiger partial charge in [-0.05, 0) is 110 Å². The summed E-state index contributed by atoms with van der Waals surface area (Å²) in [5.74, 6) is -0.444. The Morgan fingerprint density at radius 1 is 1.05 bits per heavy atom. The van der Waals surface area contributed by atoms with Crippen molar-refractivity contribution in [2.75, 3.05) is 26.0 Å². The Labute approximate surface area is 282 Å². The van der Waals surface area contributed by atoms with E-state index in [4.69, 9.17) is 4.74 Å². The second-order valence-electron chi connectivity index (χ2n) is 9.78. The van der Waals surface area contributed by atoms with Gasteiger partial charge in [-0.3, -0.25) is 23.2 Å². The van der Waals surface area contributed by atoms with Gasteiger partial charge >= 0.3 is 37.0 Å². The third-order valence-electron chi connectivity index (χ3n) is 6.81. The molecule has 0 saturated carbocycles. The van der Waals surface area contributed by atoms with Gasteiger partial charge in [-0.15, -0.1) is 0 Å². The Balaban J connectivity index is 0.00000675. The predicted molar refractivity (Wildman–Crippen MR) is 165 cm³/mol. The Morgan fingerprint density at radius 3 is 2.27 bits per heavy atom. The SMILES string of the molecule is COc1ccc(-c2ccc(/C=C3\N=C(C)C(CCC(=O)NCCCCCNC(=O)CSS(=O)(=O)[O-])=C3C)n2B(F)F)cc1.[Na+]. The minimum Gasteiger partial charge on any atom is -0.739 e. The number of aliphatic imine (C=N–C) groups is 1. The summed E-state index contributed by atoms with van der Waals surface area (Å²) < 4.78 is 66.0. The van der Waals surface area contributed by atoms with Gasteiger partial charge < -0.3 is 24.4 Å². The van der Waals surface area contributed by atoms with E-state index in [1.54, 1.807) is 49.6 Å². The molecule has 44 heavy (non-hydrogen) atoms. The molecule has 2 N–H and O–H groups in total. The van der Waals surface area contributed by atoms with Crippen molar-refractivity contribution in [2.24, 2.45) is 4.99 Å². The number of carbonyl (C=O) groups excluding carboxylic acids is 2. The Morgan fingerprint density at radius 2 is 1.68 bits per heavy atom. The second kappa shape index (κ2) is 17.9. The van der Waals surface area contributed by atoms with E-state index in [9.17, 15) is 31.2 Å². The normalized spacial score (nSPS) is 13.9. The summed E-state index contributed by atoms with van der Waals surface area (Å²) in [6.07, 6.45) is 4.42. The van der Waals surface area contributed by atoms with E-state index in [0.717, 1.165) is 27.8 Å². The van der Waals surface area contributed by atoms with Gasteiger partial charge in [-0.2, -0.15) is 0 Å². The molecule has 0 aliphatic carbocycles. The Bertz CT molecular complexity index is 1510. The molecule has 1 aliphatic rings. The summed E-state index contributed by atoms with van der Waals surface area (Å²) in [5, 5.41) is 5.41. The molecule has 2 heterocycles. The molecule has 2 aromatic rings. The van der Waals surface area contributed by atoms with E-state index in [2.05, 4.69) is 15.6 Å². The first kappa shape index (κ1) is 37.8. The molecular formula is C28H34BF2N4NaO6S2. The van der Waals surface area contributed by atoms with Crippen molar-refractivity contribution in [1.29, 1.82) is 0 Å². The summed E-state index contributed by atoms with van der Waals surface area (Å²) >= 11 is 0. The van der Waals surface area contributed by atoms with Gasteiger partial charge in [0, 0.05) is 36.6 Å². The van der Waals surface area contributed by atoms with Crippen LogP contribution in [0.2, 0.25) is 0 Å². The maximum absolute atomic E-state index is 14.1. The molecule has 0 bridgehead atoms. The van der Waals surface area contributed by atoms with Gasteiger partial charge in [0.15, 0.2) is 0 Å². The van der Waals surface area contributed by atoms with Crippen LogP contribution < -0.4 is 44.9 Å². The number of methoxy groups -OCH3 is 1. The maximum atomic E-state index is 14.1. The minimum absolute atomic E-state index is 0. The van der Waals surface area contributed by atoms with Crippen molar-refractivity contribution in [3.8, 4) is 17.0 Å². The largest absolute Gasteiger partial charge is 1.00 e. The van der Waals surface area contributed by atoms with Gasteiger partial charge in [0.25, 0.3) is 0 Å². The Hall–Kier alpha value is -2.43. The molecule has 0 atom stereocenters. The molecule has 16 heteroatoms. The molecule has 2 amide bonds. The predicted octanol–water partition coefficient (Wildman–Crippen LogP) is 1.45.